The SMILES string of the molecule is COc1ccc2c(c1)C(=O)C(O)(O)C2=O. The molecule has 0 unspecified atom stereocenters. The zero-order valence-electron chi connectivity index (χ0n) is 7.85. The van der Waals surface area contributed by atoms with Gasteiger partial charge in [0.2, 0.25) is 11.6 Å². The lowest BCUT2D eigenvalue weighted by Crippen LogP contribution is -2.40. The standard InChI is InChI=1S/C10H8O5/c1-15-5-2-3-6-7(4-5)9(12)10(13,14)8(6)11/h2-4,13-14H,1H3. The Labute approximate surface area is 84.9 Å². The van der Waals surface area contributed by atoms with Crippen molar-refractivity contribution >= 4 is 11.6 Å². The highest BCUT2D eigenvalue weighted by molar-refractivity contribution is 6.30. The topological polar surface area (TPSA) is 83.8 Å². The van der Waals surface area contributed by atoms with Crippen LogP contribution in [0.1, 0.15) is 20.7 Å². The van der Waals surface area contributed by atoms with Gasteiger partial charge in [-0.15, -0.1) is 0 Å². The highest BCUT2D eigenvalue weighted by Gasteiger charge is 2.50. The summed E-state index contributed by atoms with van der Waals surface area (Å²) < 4.78 is 4.86. The maximum absolute atomic E-state index is 11.4. The Morgan fingerprint density at radius 1 is 1.13 bits per heavy atom. The smallest absolute Gasteiger partial charge is 0.295 e. The summed E-state index contributed by atoms with van der Waals surface area (Å²) in [6.07, 6.45) is 0. The van der Waals surface area contributed by atoms with Crippen LogP contribution in [0.5, 0.6) is 5.75 Å². The molecule has 0 heterocycles. The number of carbonyl (C=O) groups excluding carboxylic acids is 2. The third-order valence-electron chi connectivity index (χ3n) is 2.35. The lowest BCUT2D eigenvalue weighted by molar-refractivity contribution is -0.0857. The monoisotopic (exact) mass is 208 g/mol. The zero-order chi connectivity index (χ0) is 11.2. The van der Waals surface area contributed by atoms with Crippen LogP contribution >= 0.6 is 0 Å². The highest BCUT2D eigenvalue weighted by Crippen LogP contribution is 2.30. The Morgan fingerprint density at radius 2 is 1.73 bits per heavy atom. The lowest BCUT2D eigenvalue weighted by atomic mass is 10.1. The summed E-state index contributed by atoms with van der Waals surface area (Å²) in [4.78, 5) is 22.8. The first-order valence-electron chi connectivity index (χ1n) is 4.21. The van der Waals surface area contributed by atoms with Crippen LogP contribution in [0.4, 0.5) is 0 Å². The number of methoxy groups -OCH3 is 1. The molecule has 0 radical (unpaired) electrons. The fraction of sp³-hybridized carbons (Fsp3) is 0.200. The second-order valence-corrected chi connectivity index (χ2v) is 3.24. The van der Waals surface area contributed by atoms with Gasteiger partial charge >= 0.3 is 0 Å². The van der Waals surface area contributed by atoms with E-state index in [4.69, 9.17) is 4.74 Å². The summed E-state index contributed by atoms with van der Waals surface area (Å²) >= 11 is 0. The molecule has 1 aromatic carbocycles. The minimum atomic E-state index is -2.92. The van der Waals surface area contributed by atoms with Gasteiger partial charge in [-0.05, 0) is 18.2 Å². The van der Waals surface area contributed by atoms with E-state index in [2.05, 4.69) is 0 Å². The number of fused-ring (bicyclic) bond motifs is 1. The largest absolute Gasteiger partial charge is 0.497 e. The van der Waals surface area contributed by atoms with Crippen molar-refractivity contribution in [3.05, 3.63) is 29.3 Å². The number of Topliss-reactive ketones (excluding diaryl/α,β-unsaturated/α-hetero) is 2. The maximum atomic E-state index is 11.4. The van der Waals surface area contributed by atoms with Gasteiger partial charge in [-0.1, -0.05) is 0 Å². The van der Waals surface area contributed by atoms with Crippen LogP contribution in [0.2, 0.25) is 0 Å². The number of aliphatic hydroxyl groups is 2. The Balaban J connectivity index is 2.63. The van der Waals surface area contributed by atoms with Gasteiger partial charge in [0.15, 0.2) is 0 Å². The van der Waals surface area contributed by atoms with E-state index in [9.17, 15) is 19.8 Å². The van der Waals surface area contributed by atoms with Gasteiger partial charge in [-0.25, -0.2) is 0 Å². The molecule has 0 saturated carbocycles. The van der Waals surface area contributed by atoms with Gasteiger partial charge in [0.05, 0.1) is 7.11 Å². The van der Waals surface area contributed by atoms with Crippen LogP contribution in [-0.2, 0) is 0 Å². The minimum Gasteiger partial charge on any atom is -0.497 e. The van der Waals surface area contributed by atoms with E-state index < -0.39 is 17.4 Å². The molecule has 5 nitrogen and oxygen atoms in total. The summed E-state index contributed by atoms with van der Waals surface area (Å²) in [5.41, 5.74) is -0.0184. The van der Waals surface area contributed by atoms with E-state index in [1.165, 1.54) is 25.3 Å². The molecule has 1 aliphatic carbocycles. The summed E-state index contributed by atoms with van der Waals surface area (Å²) in [6, 6.07) is 4.12. The van der Waals surface area contributed by atoms with Crippen molar-refractivity contribution in [2.75, 3.05) is 7.11 Å². The molecule has 1 aliphatic rings. The number of carbonyl (C=O) groups is 2. The van der Waals surface area contributed by atoms with Crippen molar-refractivity contribution in [3.8, 4) is 5.75 Å². The Morgan fingerprint density at radius 3 is 2.33 bits per heavy atom. The number of benzene rings is 1. The number of rotatable bonds is 1. The first-order chi connectivity index (χ1) is 6.98. The normalized spacial score (nSPS) is 17.8. The molecule has 0 saturated heterocycles. The fourth-order valence-corrected chi connectivity index (χ4v) is 1.51. The molecule has 78 valence electrons. The van der Waals surface area contributed by atoms with E-state index in [-0.39, 0.29) is 11.1 Å². The van der Waals surface area contributed by atoms with E-state index in [0.717, 1.165) is 0 Å². The van der Waals surface area contributed by atoms with E-state index in [1.54, 1.807) is 0 Å². The minimum absolute atomic E-state index is 0.00537. The molecule has 0 amide bonds. The van der Waals surface area contributed by atoms with Crippen molar-refractivity contribution < 1.29 is 24.5 Å². The van der Waals surface area contributed by atoms with Gasteiger partial charge in [0.1, 0.15) is 5.75 Å². The van der Waals surface area contributed by atoms with Crippen molar-refractivity contribution in [3.63, 3.8) is 0 Å². The second-order valence-electron chi connectivity index (χ2n) is 3.24. The maximum Gasteiger partial charge on any atom is 0.295 e. The highest BCUT2D eigenvalue weighted by atomic mass is 16.5. The molecule has 2 rings (SSSR count). The number of hydrogen-bond acceptors (Lipinski definition) is 5. The van der Waals surface area contributed by atoms with Crippen LogP contribution < -0.4 is 4.74 Å². The quantitative estimate of drug-likeness (QED) is 0.491. The van der Waals surface area contributed by atoms with Gasteiger partial charge in [0, 0.05) is 11.1 Å². The average molecular weight is 208 g/mol. The molecule has 0 atom stereocenters. The summed E-state index contributed by atoms with van der Waals surface area (Å²) in [6.45, 7) is 0. The molecule has 2 N–H and O–H groups in total. The summed E-state index contributed by atoms with van der Waals surface area (Å²) in [5, 5.41) is 18.5. The van der Waals surface area contributed by atoms with E-state index in [0.29, 0.717) is 5.75 Å². The zero-order valence-corrected chi connectivity index (χ0v) is 7.85. The Kier molecular flexibility index (Phi) is 1.89. The van der Waals surface area contributed by atoms with E-state index >= 15 is 0 Å². The van der Waals surface area contributed by atoms with Crippen molar-refractivity contribution in [1.29, 1.82) is 0 Å². The average Bonchev–Trinajstić information content (AvgIpc) is 2.40. The molecular formula is C10H8O5. The van der Waals surface area contributed by atoms with Gasteiger partial charge in [-0.2, -0.15) is 0 Å². The van der Waals surface area contributed by atoms with Gasteiger partial charge in [0.25, 0.3) is 5.79 Å². The molecule has 0 fully saturated rings. The van der Waals surface area contributed by atoms with Crippen molar-refractivity contribution in [1.82, 2.24) is 0 Å². The predicted octanol–water partition coefficient (Wildman–Crippen LogP) is -0.245. The Bertz CT molecular complexity index is 461. The first-order valence-corrected chi connectivity index (χ1v) is 4.21. The first kappa shape index (κ1) is 9.82. The van der Waals surface area contributed by atoms with Crippen LogP contribution in [0.3, 0.4) is 0 Å². The van der Waals surface area contributed by atoms with Crippen molar-refractivity contribution in [2.24, 2.45) is 0 Å². The molecule has 5 heteroatoms. The number of ether oxygens (including phenoxy) is 1. The molecule has 1 aromatic rings. The van der Waals surface area contributed by atoms with Crippen LogP contribution in [-0.4, -0.2) is 34.7 Å². The molecular weight excluding hydrogens is 200 g/mol. The van der Waals surface area contributed by atoms with Gasteiger partial charge in [-0.3, -0.25) is 9.59 Å². The van der Waals surface area contributed by atoms with Crippen LogP contribution in [0.25, 0.3) is 0 Å². The fourth-order valence-electron chi connectivity index (χ4n) is 1.51. The molecule has 0 spiro atoms. The molecule has 0 aliphatic heterocycles. The van der Waals surface area contributed by atoms with Crippen LogP contribution in [0.15, 0.2) is 18.2 Å². The van der Waals surface area contributed by atoms with Gasteiger partial charge < -0.3 is 14.9 Å². The van der Waals surface area contributed by atoms with Crippen molar-refractivity contribution in [2.45, 2.75) is 5.79 Å². The number of hydrogen-bond donors (Lipinski definition) is 2. The molecule has 0 aromatic heterocycles. The molecule has 0 bridgehead atoms. The third kappa shape index (κ3) is 1.17. The lowest BCUT2D eigenvalue weighted by Gasteiger charge is -2.08. The second kappa shape index (κ2) is 2.88. The summed E-state index contributed by atoms with van der Waals surface area (Å²) in [7, 11) is 1.41. The Hall–Kier alpha value is -1.72. The van der Waals surface area contributed by atoms with E-state index in [1.807, 2.05) is 0 Å². The molecule has 15 heavy (non-hydrogen) atoms. The van der Waals surface area contributed by atoms with Crippen LogP contribution in [0, 0.1) is 0 Å². The number of ketones is 2. The predicted molar refractivity (Wildman–Crippen MR) is 48.8 cm³/mol. The summed E-state index contributed by atoms with van der Waals surface area (Å²) in [5.74, 6) is -4.55. The third-order valence-corrected chi connectivity index (χ3v) is 2.35.